The lowest BCUT2D eigenvalue weighted by molar-refractivity contribution is -0.118. The zero-order chi connectivity index (χ0) is 18.1. The van der Waals surface area contributed by atoms with Crippen LogP contribution in [0, 0.1) is 6.92 Å². The predicted octanol–water partition coefficient (Wildman–Crippen LogP) is 3.09. The third kappa shape index (κ3) is 3.78. The number of aryl methyl sites for hydroxylation is 1. The molecule has 3 amide bonds. The number of nitrogens with one attached hydrogen (secondary N) is 1. The van der Waals surface area contributed by atoms with Gasteiger partial charge in [-0.05, 0) is 24.6 Å². The Hall–Kier alpha value is -2.09. The van der Waals surface area contributed by atoms with Gasteiger partial charge in [-0.3, -0.25) is 10.1 Å². The highest BCUT2D eigenvalue weighted by Gasteiger charge is 2.26. The number of carbonyl (C=O) groups excluding carboxylic acids is 2. The molecule has 1 aliphatic heterocycles. The highest BCUT2D eigenvalue weighted by molar-refractivity contribution is 6.35. The standard InChI is InChI=1S/C15H12Cl3N5O2/c1-8-11(5-19-23-7-13(24)20-15(23)25)14(18)22(21-8)6-9-2-3-10(16)4-12(9)17/h2-5H,6-7H2,1H3,(H,20,24,25). The lowest BCUT2D eigenvalue weighted by Gasteiger charge is -2.06. The molecule has 1 fully saturated rings. The normalized spacial score (nSPS) is 14.6. The minimum absolute atomic E-state index is 0.124. The minimum Gasteiger partial charge on any atom is -0.275 e. The summed E-state index contributed by atoms with van der Waals surface area (Å²) in [6.07, 6.45) is 1.41. The molecule has 0 atom stereocenters. The third-order valence-electron chi connectivity index (χ3n) is 3.54. The Morgan fingerprint density at radius 3 is 2.72 bits per heavy atom. The van der Waals surface area contributed by atoms with Gasteiger partial charge in [0.2, 0.25) is 5.91 Å². The maximum atomic E-state index is 11.5. The molecule has 1 aromatic carbocycles. The molecule has 1 aliphatic rings. The molecule has 1 saturated heterocycles. The monoisotopic (exact) mass is 399 g/mol. The Bertz CT molecular complexity index is 894. The Balaban J connectivity index is 1.83. The molecule has 1 aromatic heterocycles. The van der Waals surface area contributed by atoms with Gasteiger partial charge < -0.3 is 0 Å². The maximum absolute atomic E-state index is 11.5. The Kier molecular flexibility index (Phi) is 4.99. The average molecular weight is 401 g/mol. The van der Waals surface area contributed by atoms with Crippen molar-refractivity contribution in [1.29, 1.82) is 0 Å². The number of urea groups is 1. The van der Waals surface area contributed by atoms with Gasteiger partial charge in [0.15, 0.2) is 0 Å². The highest BCUT2D eigenvalue weighted by atomic mass is 35.5. The molecule has 0 saturated carbocycles. The lowest BCUT2D eigenvalue weighted by Crippen LogP contribution is -2.24. The van der Waals surface area contributed by atoms with Crippen LogP contribution in [0.15, 0.2) is 23.3 Å². The molecule has 0 unspecified atom stereocenters. The number of aromatic nitrogens is 2. The number of amides is 3. The molecule has 2 aromatic rings. The van der Waals surface area contributed by atoms with E-state index in [0.29, 0.717) is 33.0 Å². The molecular weight excluding hydrogens is 389 g/mol. The molecule has 7 nitrogen and oxygen atoms in total. The van der Waals surface area contributed by atoms with Crippen LogP contribution in [-0.4, -0.2) is 39.5 Å². The van der Waals surface area contributed by atoms with Gasteiger partial charge in [0.1, 0.15) is 11.7 Å². The summed E-state index contributed by atoms with van der Waals surface area (Å²) in [6, 6.07) is 4.61. The summed E-state index contributed by atoms with van der Waals surface area (Å²) < 4.78 is 1.57. The number of carbonyl (C=O) groups is 2. The fourth-order valence-corrected chi connectivity index (χ4v) is 3.03. The summed E-state index contributed by atoms with van der Waals surface area (Å²) >= 11 is 18.4. The number of hydrazone groups is 1. The second kappa shape index (κ2) is 7.03. The van der Waals surface area contributed by atoms with E-state index in [1.807, 2.05) is 0 Å². The van der Waals surface area contributed by atoms with Crippen molar-refractivity contribution < 1.29 is 9.59 Å². The fraction of sp³-hybridized carbons (Fsp3) is 0.200. The van der Waals surface area contributed by atoms with Crippen LogP contribution in [-0.2, 0) is 11.3 Å². The summed E-state index contributed by atoms with van der Waals surface area (Å²) in [4.78, 5) is 22.6. The molecule has 130 valence electrons. The van der Waals surface area contributed by atoms with Crippen molar-refractivity contribution in [2.24, 2.45) is 5.10 Å². The van der Waals surface area contributed by atoms with Gasteiger partial charge in [0.25, 0.3) is 0 Å². The van der Waals surface area contributed by atoms with Gasteiger partial charge in [0.05, 0.1) is 24.0 Å². The first kappa shape index (κ1) is 17.7. The van der Waals surface area contributed by atoms with Crippen molar-refractivity contribution in [2.75, 3.05) is 6.54 Å². The molecule has 10 heteroatoms. The van der Waals surface area contributed by atoms with Crippen molar-refractivity contribution in [2.45, 2.75) is 13.5 Å². The van der Waals surface area contributed by atoms with E-state index in [1.165, 1.54) is 6.21 Å². The summed E-state index contributed by atoms with van der Waals surface area (Å²) in [6.45, 7) is 2.00. The molecule has 1 N–H and O–H groups in total. The predicted molar refractivity (Wildman–Crippen MR) is 95.4 cm³/mol. The van der Waals surface area contributed by atoms with E-state index >= 15 is 0 Å². The van der Waals surface area contributed by atoms with Crippen LogP contribution in [0.3, 0.4) is 0 Å². The molecule has 0 aliphatic carbocycles. The van der Waals surface area contributed by atoms with E-state index in [4.69, 9.17) is 34.8 Å². The first-order chi connectivity index (χ1) is 11.8. The minimum atomic E-state index is -0.574. The fourth-order valence-electron chi connectivity index (χ4n) is 2.28. The SMILES string of the molecule is Cc1nn(Cc2ccc(Cl)cc2Cl)c(Cl)c1C=NN1CC(=O)NC1=O. The number of hydrogen-bond acceptors (Lipinski definition) is 4. The Morgan fingerprint density at radius 1 is 1.32 bits per heavy atom. The van der Waals surface area contributed by atoms with E-state index in [9.17, 15) is 9.59 Å². The number of hydrogen-bond donors (Lipinski definition) is 1. The first-order valence-electron chi connectivity index (χ1n) is 7.17. The smallest absolute Gasteiger partial charge is 0.275 e. The molecule has 3 rings (SSSR count). The van der Waals surface area contributed by atoms with Crippen LogP contribution in [0.2, 0.25) is 15.2 Å². The Labute approximate surface area is 158 Å². The van der Waals surface area contributed by atoms with Crippen LogP contribution in [0.1, 0.15) is 16.8 Å². The topological polar surface area (TPSA) is 79.6 Å². The summed E-state index contributed by atoms with van der Waals surface area (Å²) in [5.74, 6) is -0.405. The van der Waals surface area contributed by atoms with Gasteiger partial charge in [-0.15, -0.1) is 0 Å². The molecule has 25 heavy (non-hydrogen) atoms. The van der Waals surface area contributed by atoms with Gasteiger partial charge >= 0.3 is 6.03 Å². The van der Waals surface area contributed by atoms with Crippen LogP contribution in [0.5, 0.6) is 0 Å². The second-order valence-corrected chi connectivity index (χ2v) is 6.54. The number of halogens is 3. The lowest BCUT2D eigenvalue weighted by atomic mass is 10.2. The number of benzene rings is 1. The quantitative estimate of drug-likeness (QED) is 0.632. The van der Waals surface area contributed by atoms with Crippen LogP contribution >= 0.6 is 34.8 Å². The molecule has 2 heterocycles. The molecule has 0 radical (unpaired) electrons. The Morgan fingerprint density at radius 2 is 2.08 bits per heavy atom. The van der Waals surface area contributed by atoms with Crippen LogP contribution in [0.25, 0.3) is 0 Å². The van der Waals surface area contributed by atoms with Crippen molar-refractivity contribution >= 4 is 53.0 Å². The molecular formula is C15H12Cl3N5O2. The highest BCUT2D eigenvalue weighted by Crippen LogP contribution is 2.24. The average Bonchev–Trinajstić information content (AvgIpc) is 2.99. The van der Waals surface area contributed by atoms with Gasteiger partial charge in [-0.1, -0.05) is 40.9 Å². The van der Waals surface area contributed by atoms with Crippen molar-refractivity contribution in [3.8, 4) is 0 Å². The van der Waals surface area contributed by atoms with Crippen molar-refractivity contribution in [3.05, 3.63) is 50.2 Å². The molecule has 0 bridgehead atoms. The van der Waals surface area contributed by atoms with Gasteiger partial charge in [-0.2, -0.15) is 10.2 Å². The first-order valence-corrected chi connectivity index (χ1v) is 8.30. The van der Waals surface area contributed by atoms with E-state index in [2.05, 4.69) is 15.5 Å². The summed E-state index contributed by atoms with van der Waals surface area (Å²) in [7, 11) is 0. The number of imide groups is 1. The van der Waals surface area contributed by atoms with Gasteiger partial charge in [-0.25, -0.2) is 14.5 Å². The molecule has 0 spiro atoms. The number of nitrogens with zero attached hydrogens (tertiary/aromatic N) is 4. The summed E-state index contributed by atoms with van der Waals surface area (Å²) in [5.41, 5.74) is 1.99. The maximum Gasteiger partial charge on any atom is 0.344 e. The zero-order valence-corrected chi connectivity index (χ0v) is 15.2. The van der Waals surface area contributed by atoms with E-state index < -0.39 is 11.9 Å². The largest absolute Gasteiger partial charge is 0.344 e. The van der Waals surface area contributed by atoms with Crippen molar-refractivity contribution in [1.82, 2.24) is 20.1 Å². The zero-order valence-electron chi connectivity index (χ0n) is 13.0. The van der Waals surface area contributed by atoms with E-state index in [-0.39, 0.29) is 6.54 Å². The number of rotatable bonds is 4. The van der Waals surface area contributed by atoms with Crippen LogP contribution < -0.4 is 5.32 Å². The van der Waals surface area contributed by atoms with E-state index in [0.717, 1.165) is 10.6 Å². The van der Waals surface area contributed by atoms with Crippen molar-refractivity contribution in [3.63, 3.8) is 0 Å². The van der Waals surface area contributed by atoms with Crippen LogP contribution in [0.4, 0.5) is 4.79 Å². The second-order valence-electron chi connectivity index (χ2n) is 5.34. The van der Waals surface area contributed by atoms with Gasteiger partial charge in [0, 0.05) is 10.0 Å². The van der Waals surface area contributed by atoms with E-state index in [1.54, 1.807) is 29.8 Å². The summed E-state index contributed by atoms with van der Waals surface area (Å²) in [5, 5.41) is 12.9. The third-order valence-corrected chi connectivity index (χ3v) is 4.53.